The maximum absolute atomic E-state index is 12.5. The van der Waals surface area contributed by atoms with E-state index in [0.29, 0.717) is 6.42 Å². The second-order valence-electron chi connectivity index (χ2n) is 8.91. The van der Waals surface area contributed by atoms with Gasteiger partial charge in [-0.05, 0) is 59.8 Å². The van der Waals surface area contributed by atoms with Crippen molar-refractivity contribution in [2.45, 2.75) is 86.4 Å². The lowest BCUT2D eigenvalue weighted by molar-refractivity contribution is -0.173. The molecule has 0 aromatic heterocycles. The number of hydrogen-bond donors (Lipinski definition) is 0. The highest BCUT2D eigenvalue weighted by Crippen LogP contribution is 2.35. The number of methoxy groups -OCH3 is 1. The molecule has 0 rings (SSSR count). The molecule has 0 saturated carbocycles. The van der Waals surface area contributed by atoms with Gasteiger partial charge < -0.3 is 9.47 Å². The molecule has 120 valence electrons. The van der Waals surface area contributed by atoms with Gasteiger partial charge in [-0.2, -0.15) is 0 Å². The number of carbonyl (C=O) groups is 1. The van der Waals surface area contributed by atoms with Crippen LogP contribution in [0.3, 0.4) is 0 Å². The van der Waals surface area contributed by atoms with Gasteiger partial charge >= 0.3 is 5.97 Å². The molecule has 0 N–H and O–H groups in total. The van der Waals surface area contributed by atoms with Crippen LogP contribution in [0.15, 0.2) is 0 Å². The normalized spacial score (nSPS) is 14.3. The van der Waals surface area contributed by atoms with Crippen molar-refractivity contribution in [2.24, 2.45) is 10.8 Å². The minimum absolute atomic E-state index is 0.125. The van der Waals surface area contributed by atoms with Gasteiger partial charge in [0.1, 0.15) is 5.60 Å². The third kappa shape index (κ3) is 7.28. The van der Waals surface area contributed by atoms with Gasteiger partial charge in [0.25, 0.3) is 0 Å². The maximum atomic E-state index is 12.5. The van der Waals surface area contributed by atoms with E-state index in [-0.39, 0.29) is 17.0 Å². The zero-order chi connectivity index (χ0) is 16.4. The summed E-state index contributed by atoms with van der Waals surface area (Å²) in [4.78, 5) is 12.5. The van der Waals surface area contributed by atoms with E-state index in [4.69, 9.17) is 9.47 Å². The summed E-state index contributed by atoms with van der Waals surface area (Å²) in [5.41, 5.74) is -1.23. The van der Waals surface area contributed by atoms with E-state index in [1.165, 1.54) is 0 Å². The fourth-order valence-corrected chi connectivity index (χ4v) is 2.91. The Hall–Kier alpha value is -0.570. The predicted octanol–water partition coefficient (Wildman–Crippen LogP) is 4.59. The molecule has 0 atom stereocenters. The number of rotatable bonds is 6. The molecule has 0 unspecified atom stereocenters. The Balaban J connectivity index is 4.82. The Morgan fingerprint density at radius 1 is 0.800 bits per heavy atom. The molecule has 0 aliphatic carbocycles. The number of carbonyl (C=O) groups excluding carboxylic acids is 1. The van der Waals surface area contributed by atoms with Crippen molar-refractivity contribution in [1.82, 2.24) is 0 Å². The minimum Gasteiger partial charge on any atom is -0.459 e. The highest BCUT2D eigenvalue weighted by molar-refractivity contribution is 5.76. The van der Waals surface area contributed by atoms with Gasteiger partial charge in [-0.1, -0.05) is 20.8 Å². The third-order valence-corrected chi connectivity index (χ3v) is 3.30. The zero-order valence-corrected chi connectivity index (χ0v) is 15.1. The summed E-state index contributed by atoms with van der Waals surface area (Å²) in [7, 11) is 1.67. The number of esters is 1. The third-order valence-electron chi connectivity index (χ3n) is 3.30. The quantitative estimate of drug-likeness (QED) is 0.670. The highest BCUT2D eigenvalue weighted by atomic mass is 16.6. The fourth-order valence-electron chi connectivity index (χ4n) is 2.91. The summed E-state index contributed by atoms with van der Waals surface area (Å²) < 4.78 is 11.2. The van der Waals surface area contributed by atoms with Crippen molar-refractivity contribution in [3.8, 4) is 0 Å². The summed E-state index contributed by atoms with van der Waals surface area (Å²) in [6.45, 7) is 18.2. The summed E-state index contributed by atoms with van der Waals surface area (Å²) in [6, 6.07) is 0. The standard InChI is InChI=1S/C17H34O3/c1-14(2,3)11-17(8,9)20-13(18)15(4,5)12-16(6,7)19-10/h11-12H2,1-10H3. The van der Waals surface area contributed by atoms with Crippen LogP contribution < -0.4 is 0 Å². The smallest absolute Gasteiger partial charge is 0.312 e. The minimum atomic E-state index is -0.561. The Labute approximate surface area is 125 Å². The number of ether oxygens (including phenoxy) is 2. The van der Waals surface area contributed by atoms with Crippen LogP contribution in [0.4, 0.5) is 0 Å². The summed E-state index contributed by atoms with van der Waals surface area (Å²) in [5.74, 6) is -0.156. The molecule has 3 heteroatoms. The van der Waals surface area contributed by atoms with Gasteiger partial charge in [0.05, 0.1) is 11.0 Å². The maximum Gasteiger partial charge on any atom is 0.312 e. The van der Waals surface area contributed by atoms with E-state index in [9.17, 15) is 4.79 Å². The molecule has 0 saturated heterocycles. The average molecular weight is 286 g/mol. The molecular weight excluding hydrogens is 252 g/mol. The molecule has 20 heavy (non-hydrogen) atoms. The second kappa shape index (κ2) is 6.05. The van der Waals surface area contributed by atoms with Crippen LogP contribution in [0.2, 0.25) is 0 Å². The van der Waals surface area contributed by atoms with E-state index in [0.717, 1.165) is 6.42 Å². The predicted molar refractivity (Wildman–Crippen MR) is 83.7 cm³/mol. The lowest BCUT2D eigenvalue weighted by Gasteiger charge is -2.37. The largest absolute Gasteiger partial charge is 0.459 e. The van der Waals surface area contributed by atoms with Gasteiger partial charge in [-0.15, -0.1) is 0 Å². The van der Waals surface area contributed by atoms with Crippen LogP contribution >= 0.6 is 0 Å². The summed E-state index contributed by atoms with van der Waals surface area (Å²) >= 11 is 0. The van der Waals surface area contributed by atoms with Gasteiger partial charge in [0.15, 0.2) is 0 Å². The van der Waals surface area contributed by atoms with Gasteiger partial charge in [-0.25, -0.2) is 0 Å². The van der Waals surface area contributed by atoms with E-state index in [2.05, 4.69) is 20.8 Å². The summed E-state index contributed by atoms with van der Waals surface area (Å²) in [5, 5.41) is 0. The molecule has 0 radical (unpaired) electrons. The highest BCUT2D eigenvalue weighted by Gasteiger charge is 2.39. The van der Waals surface area contributed by atoms with Gasteiger partial charge in [0.2, 0.25) is 0 Å². The van der Waals surface area contributed by atoms with Crippen molar-refractivity contribution in [3.05, 3.63) is 0 Å². The molecular formula is C17H34O3. The van der Waals surface area contributed by atoms with Crippen LogP contribution in [-0.4, -0.2) is 24.3 Å². The molecule has 0 heterocycles. The van der Waals surface area contributed by atoms with Crippen LogP contribution in [0, 0.1) is 10.8 Å². The molecule has 0 amide bonds. The summed E-state index contributed by atoms with van der Waals surface area (Å²) in [6.07, 6.45) is 1.45. The molecule has 0 aliphatic rings. The molecule has 0 spiro atoms. The molecule has 0 bridgehead atoms. The SMILES string of the molecule is COC(C)(C)CC(C)(C)C(=O)OC(C)(C)CC(C)(C)C. The first-order valence-corrected chi connectivity index (χ1v) is 7.39. The molecule has 0 aromatic carbocycles. The van der Waals surface area contributed by atoms with Gasteiger partial charge in [0, 0.05) is 7.11 Å². The first-order chi connectivity index (χ1) is 8.60. The first-order valence-electron chi connectivity index (χ1n) is 7.39. The Morgan fingerprint density at radius 3 is 1.60 bits per heavy atom. The van der Waals surface area contributed by atoms with Crippen LogP contribution in [0.1, 0.15) is 75.2 Å². The van der Waals surface area contributed by atoms with Crippen LogP contribution in [0.5, 0.6) is 0 Å². The second-order valence-corrected chi connectivity index (χ2v) is 8.91. The Kier molecular flexibility index (Phi) is 5.87. The van der Waals surface area contributed by atoms with Crippen molar-refractivity contribution in [3.63, 3.8) is 0 Å². The number of hydrogen-bond acceptors (Lipinski definition) is 3. The fraction of sp³-hybridized carbons (Fsp3) is 0.941. The molecule has 3 nitrogen and oxygen atoms in total. The van der Waals surface area contributed by atoms with Crippen molar-refractivity contribution in [2.75, 3.05) is 7.11 Å². The Morgan fingerprint density at radius 2 is 1.25 bits per heavy atom. The van der Waals surface area contributed by atoms with Crippen molar-refractivity contribution in [1.29, 1.82) is 0 Å². The molecule has 0 aliphatic heterocycles. The van der Waals surface area contributed by atoms with Crippen LogP contribution in [0.25, 0.3) is 0 Å². The van der Waals surface area contributed by atoms with Crippen molar-refractivity contribution >= 4 is 5.97 Å². The van der Waals surface area contributed by atoms with E-state index >= 15 is 0 Å². The molecule has 0 aromatic rings. The molecule has 0 fully saturated rings. The first kappa shape index (κ1) is 19.4. The topological polar surface area (TPSA) is 35.5 Å². The Bertz CT molecular complexity index is 333. The lowest BCUT2D eigenvalue weighted by Crippen LogP contribution is -2.41. The van der Waals surface area contributed by atoms with E-state index < -0.39 is 11.0 Å². The van der Waals surface area contributed by atoms with Crippen molar-refractivity contribution < 1.29 is 14.3 Å². The van der Waals surface area contributed by atoms with Gasteiger partial charge in [-0.3, -0.25) is 4.79 Å². The lowest BCUT2D eigenvalue weighted by atomic mass is 9.80. The van der Waals surface area contributed by atoms with Crippen LogP contribution in [-0.2, 0) is 14.3 Å². The monoisotopic (exact) mass is 286 g/mol. The van der Waals surface area contributed by atoms with E-state index in [1.807, 2.05) is 41.5 Å². The van der Waals surface area contributed by atoms with E-state index in [1.54, 1.807) is 7.11 Å². The zero-order valence-electron chi connectivity index (χ0n) is 15.1. The average Bonchev–Trinajstić information content (AvgIpc) is 2.10.